The first kappa shape index (κ1) is 13.7. The molecule has 2 aromatic rings. The first-order valence-corrected chi connectivity index (χ1v) is 7.79. The molecule has 6 nitrogen and oxygen atoms in total. The Labute approximate surface area is 112 Å². The first-order valence-electron chi connectivity index (χ1n) is 5.90. The molecule has 0 aliphatic carbocycles. The largest absolute Gasteiger partial charge is 0.248 e. The number of nitrogens with zero attached hydrogens (tertiary/aromatic N) is 3. The van der Waals surface area contributed by atoms with Crippen LogP contribution in [0.25, 0.3) is 0 Å². The first-order chi connectivity index (χ1) is 9.04. The Morgan fingerprint density at radius 3 is 2.68 bits per heavy atom. The van der Waals surface area contributed by atoms with Crippen molar-refractivity contribution in [1.29, 1.82) is 0 Å². The Kier molecular flexibility index (Phi) is 4.28. The molecule has 0 fully saturated rings. The number of aryl methyl sites for hydroxylation is 2. The second-order valence-electron chi connectivity index (χ2n) is 4.23. The quantitative estimate of drug-likeness (QED) is 0.839. The van der Waals surface area contributed by atoms with E-state index in [9.17, 15) is 8.42 Å². The van der Waals surface area contributed by atoms with Crippen LogP contribution < -0.4 is 4.72 Å². The van der Waals surface area contributed by atoms with Gasteiger partial charge in [0.2, 0.25) is 10.0 Å². The number of sulfonamides is 1. The monoisotopic (exact) mass is 280 g/mol. The molecule has 1 heterocycles. The van der Waals surface area contributed by atoms with E-state index in [1.165, 1.54) is 11.9 Å². The lowest BCUT2D eigenvalue weighted by Crippen LogP contribution is -2.24. The topological polar surface area (TPSA) is 76.9 Å². The molecule has 0 aliphatic heterocycles. The summed E-state index contributed by atoms with van der Waals surface area (Å²) < 4.78 is 26.2. The molecule has 102 valence electrons. The lowest BCUT2D eigenvalue weighted by atomic mass is 10.1. The minimum Gasteiger partial charge on any atom is -0.248 e. The third kappa shape index (κ3) is 4.46. The molecule has 0 amide bonds. The van der Waals surface area contributed by atoms with Crippen LogP contribution in [-0.4, -0.2) is 29.4 Å². The molecule has 1 N–H and O–H groups in total. The van der Waals surface area contributed by atoms with Gasteiger partial charge in [-0.05, 0) is 12.0 Å². The average Bonchev–Trinajstić information content (AvgIpc) is 2.82. The molecule has 0 bridgehead atoms. The highest BCUT2D eigenvalue weighted by atomic mass is 32.2. The lowest BCUT2D eigenvalue weighted by molar-refractivity contribution is 0.558. The summed E-state index contributed by atoms with van der Waals surface area (Å²) in [4.78, 5) is 4.06. The van der Waals surface area contributed by atoms with E-state index in [4.69, 9.17) is 0 Å². The predicted molar refractivity (Wildman–Crippen MR) is 71.9 cm³/mol. The fourth-order valence-electron chi connectivity index (χ4n) is 1.69. The van der Waals surface area contributed by atoms with Gasteiger partial charge in [-0.2, -0.15) is 5.10 Å². The van der Waals surface area contributed by atoms with Crippen LogP contribution in [0.4, 0.5) is 0 Å². The van der Waals surface area contributed by atoms with Crippen molar-refractivity contribution in [1.82, 2.24) is 19.5 Å². The van der Waals surface area contributed by atoms with E-state index < -0.39 is 10.0 Å². The van der Waals surface area contributed by atoms with Gasteiger partial charge in [0, 0.05) is 6.54 Å². The van der Waals surface area contributed by atoms with Crippen molar-refractivity contribution in [3.05, 3.63) is 48.0 Å². The van der Waals surface area contributed by atoms with Crippen LogP contribution in [0.5, 0.6) is 0 Å². The molecule has 0 spiro atoms. The predicted octanol–water partition coefficient (Wildman–Crippen LogP) is 0.570. The molecule has 0 saturated carbocycles. The average molecular weight is 280 g/mol. The van der Waals surface area contributed by atoms with Crippen LogP contribution in [0.3, 0.4) is 0 Å². The van der Waals surface area contributed by atoms with Crippen LogP contribution in [0.1, 0.15) is 11.4 Å². The Morgan fingerprint density at radius 1 is 1.26 bits per heavy atom. The van der Waals surface area contributed by atoms with Crippen molar-refractivity contribution in [2.24, 2.45) is 0 Å². The molecule has 1 aromatic carbocycles. The minimum atomic E-state index is -3.22. The van der Waals surface area contributed by atoms with Gasteiger partial charge in [-0.1, -0.05) is 30.3 Å². The molecule has 0 atom stereocenters. The number of aromatic nitrogens is 3. The van der Waals surface area contributed by atoms with Gasteiger partial charge in [0.1, 0.15) is 12.2 Å². The van der Waals surface area contributed by atoms with Gasteiger partial charge in [-0.25, -0.2) is 22.8 Å². The molecule has 1 aromatic heterocycles. The maximum absolute atomic E-state index is 11.0. The molecular formula is C12H16N4O2S. The maximum atomic E-state index is 11.0. The van der Waals surface area contributed by atoms with Crippen molar-refractivity contribution < 1.29 is 8.42 Å². The lowest BCUT2D eigenvalue weighted by Gasteiger charge is -2.06. The highest BCUT2D eigenvalue weighted by Gasteiger charge is 2.07. The fraction of sp³-hybridized carbons (Fsp3) is 0.333. The zero-order valence-corrected chi connectivity index (χ0v) is 11.5. The zero-order valence-electron chi connectivity index (χ0n) is 10.7. The van der Waals surface area contributed by atoms with Gasteiger partial charge >= 0.3 is 0 Å². The smallest absolute Gasteiger partial charge is 0.209 e. The molecule has 0 aliphatic rings. The van der Waals surface area contributed by atoms with E-state index in [-0.39, 0.29) is 6.54 Å². The second kappa shape index (κ2) is 5.94. The van der Waals surface area contributed by atoms with Crippen molar-refractivity contribution in [2.45, 2.75) is 19.5 Å². The summed E-state index contributed by atoms with van der Waals surface area (Å²) in [5.41, 5.74) is 1.21. The van der Waals surface area contributed by atoms with E-state index >= 15 is 0 Å². The van der Waals surface area contributed by atoms with Crippen LogP contribution in [0.2, 0.25) is 0 Å². The number of rotatable bonds is 6. The molecule has 0 saturated heterocycles. The number of benzene rings is 1. The van der Waals surface area contributed by atoms with Gasteiger partial charge in [0.05, 0.1) is 12.8 Å². The molecule has 19 heavy (non-hydrogen) atoms. The van der Waals surface area contributed by atoms with Gasteiger partial charge < -0.3 is 0 Å². The fourth-order valence-corrected chi connectivity index (χ4v) is 2.08. The highest BCUT2D eigenvalue weighted by molar-refractivity contribution is 7.88. The Balaban J connectivity index is 1.96. The number of hydrogen-bond donors (Lipinski definition) is 1. The summed E-state index contributed by atoms with van der Waals surface area (Å²) in [5.74, 6) is 0.612. The van der Waals surface area contributed by atoms with Crippen molar-refractivity contribution in [2.75, 3.05) is 6.26 Å². The third-order valence-corrected chi connectivity index (χ3v) is 3.31. The molecular weight excluding hydrogens is 264 g/mol. The van der Waals surface area contributed by atoms with Crippen LogP contribution >= 0.6 is 0 Å². The summed E-state index contributed by atoms with van der Waals surface area (Å²) >= 11 is 0. The Hall–Kier alpha value is -1.73. The summed E-state index contributed by atoms with van der Waals surface area (Å²) in [6.07, 6.45) is 3.39. The molecule has 0 unspecified atom stereocenters. The van der Waals surface area contributed by atoms with Gasteiger partial charge in [0.25, 0.3) is 0 Å². The standard InChI is InChI=1S/C12H16N4O2S/c1-19(17,18)15-9-12-13-10-14-16(12)8-7-11-5-3-2-4-6-11/h2-6,10,15H,7-9H2,1H3. The van der Waals surface area contributed by atoms with E-state index in [1.807, 2.05) is 30.3 Å². The van der Waals surface area contributed by atoms with Gasteiger partial charge in [-0.3, -0.25) is 0 Å². The Bertz CT molecular complexity index is 622. The van der Waals surface area contributed by atoms with Crippen LogP contribution in [-0.2, 0) is 29.5 Å². The summed E-state index contributed by atoms with van der Waals surface area (Å²) in [7, 11) is -3.22. The van der Waals surface area contributed by atoms with E-state index in [1.54, 1.807) is 4.68 Å². The number of nitrogens with one attached hydrogen (secondary N) is 1. The second-order valence-corrected chi connectivity index (χ2v) is 6.06. The van der Waals surface area contributed by atoms with E-state index in [0.29, 0.717) is 12.4 Å². The van der Waals surface area contributed by atoms with Gasteiger partial charge in [-0.15, -0.1) is 0 Å². The highest BCUT2D eigenvalue weighted by Crippen LogP contribution is 2.03. The van der Waals surface area contributed by atoms with Gasteiger partial charge in [0.15, 0.2) is 0 Å². The summed E-state index contributed by atoms with van der Waals surface area (Å²) in [5, 5.41) is 4.10. The van der Waals surface area contributed by atoms with E-state index in [0.717, 1.165) is 12.7 Å². The maximum Gasteiger partial charge on any atom is 0.209 e. The summed E-state index contributed by atoms with van der Waals surface area (Å²) in [6.45, 7) is 0.832. The number of hydrogen-bond acceptors (Lipinski definition) is 4. The van der Waals surface area contributed by atoms with Crippen molar-refractivity contribution in [3.8, 4) is 0 Å². The van der Waals surface area contributed by atoms with Crippen LogP contribution in [0.15, 0.2) is 36.7 Å². The summed E-state index contributed by atoms with van der Waals surface area (Å²) in [6, 6.07) is 10.0. The third-order valence-electron chi connectivity index (χ3n) is 2.64. The Morgan fingerprint density at radius 2 is 2.00 bits per heavy atom. The normalized spacial score (nSPS) is 11.6. The molecule has 2 rings (SSSR count). The van der Waals surface area contributed by atoms with Crippen molar-refractivity contribution >= 4 is 10.0 Å². The minimum absolute atomic E-state index is 0.160. The molecule has 7 heteroatoms. The van der Waals surface area contributed by atoms with E-state index in [2.05, 4.69) is 14.8 Å². The zero-order chi connectivity index (χ0) is 13.7. The SMILES string of the molecule is CS(=O)(=O)NCc1ncnn1CCc1ccccc1. The van der Waals surface area contributed by atoms with Crippen molar-refractivity contribution in [3.63, 3.8) is 0 Å². The molecule has 0 radical (unpaired) electrons. The van der Waals surface area contributed by atoms with Crippen LogP contribution in [0, 0.1) is 0 Å².